The number of likely N-dealkylation sites (N-methyl/N-ethyl adjacent to an activating group) is 1. The third-order valence-electron chi connectivity index (χ3n) is 2.11. The SMILES string of the molecule is CN(C)C(=O)/C(C#N)=C\c1cc(Cl)cc(Br)c1O. The maximum Gasteiger partial charge on any atom is 0.264 e. The van der Waals surface area contributed by atoms with Gasteiger partial charge in [-0.05, 0) is 34.1 Å². The Morgan fingerprint density at radius 1 is 1.56 bits per heavy atom. The molecule has 1 rings (SSSR count). The summed E-state index contributed by atoms with van der Waals surface area (Å²) in [5, 5.41) is 19.1. The van der Waals surface area contributed by atoms with Crippen LogP contribution in [0.2, 0.25) is 5.02 Å². The van der Waals surface area contributed by atoms with Crippen molar-refractivity contribution < 1.29 is 9.90 Å². The first-order valence-electron chi connectivity index (χ1n) is 4.88. The summed E-state index contributed by atoms with van der Waals surface area (Å²) in [4.78, 5) is 13.0. The van der Waals surface area contributed by atoms with Gasteiger partial charge in [-0.2, -0.15) is 5.26 Å². The number of hydrogen-bond donors (Lipinski definition) is 1. The number of carbonyl (C=O) groups excluding carboxylic acids is 1. The highest BCUT2D eigenvalue weighted by Crippen LogP contribution is 2.32. The normalized spacial score (nSPS) is 10.9. The molecule has 18 heavy (non-hydrogen) atoms. The number of hydrogen-bond acceptors (Lipinski definition) is 3. The molecule has 0 atom stereocenters. The smallest absolute Gasteiger partial charge is 0.264 e. The number of nitrogens with zero attached hydrogens (tertiary/aromatic N) is 2. The number of phenols is 1. The molecular formula is C12H10BrClN2O2. The highest BCUT2D eigenvalue weighted by molar-refractivity contribution is 9.10. The van der Waals surface area contributed by atoms with Crippen LogP contribution in [-0.2, 0) is 4.79 Å². The van der Waals surface area contributed by atoms with Gasteiger partial charge in [0, 0.05) is 24.7 Å². The molecule has 0 aliphatic carbocycles. The van der Waals surface area contributed by atoms with E-state index in [0.29, 0.717) is 15.1 Å². The summed E-state index contributed by atoms with van der Waals surface area (Å²) >= 11 is 8.97. The monoisotopic (exact) mass is 328 g/mol. The molecule has 1 N–H and O–H groups in total. The van der Waals surface area contributed by atoms with E-state index in [2.05, 4.69) is 15.9 Å². The highest BCUT2D eigenvalue weighted by Gasteiger charge is 2.13. The Labute approximate surface area is 118 Å². The Kier molecular flexibility index (Phi) is 4.76. The number of nitriles is 1. The van der Waals surface area contributed by atoms with Gasteiger partial charge in [0.2, 0.25) is 0 Å². The molecule has 0 unspecified atom stereocenters. The zero-order chi connectivity index (χ0) is 13.9. The lowest BCUT2D eigenvalue weighted by molar-refractivity contribution is -0.124. The van der Waals surface area contributed by atoms with E-state index in [9.17, 15) is 9.90 Å². The first-order valence-corrected chi connectivity index (χ1v) is 6.05. The van der Waals surface area contributed by atoms with E-state index in [1.165, 1.54) is 23.1 Å². The zero-order valence-corrected chi connectivity index (χ0v) is 12.1. The minimum absolute atomic E-state index is 0.0706. The molecule has 0 bridgehead atoms. The van der Waals surface area contributed by atoms with Crippen molar-refractivity contribution in [1.29, 1.82) is 5.26 Å². The molecule has 1 aromatic carbocycles. The summed E-state index contributed by atoms with van der Waals surface area (Å²) < 4.78 is 0.399. The van der Waals surface area contributed by atoms with Crippen molar-refractivity contribution in [3.8, 4) is 11.8 Å². The van der Waals surface area contributed by atoms with E-state index in [1.54, 1.807) is 20.2 Å². The maximum atomic E-state index is 11.7. The van der Waals surface area contributed by atoms with Crippen LogP contribution < -0.4 is 0 Å². The molecule has 1 aromatic rings. The molecule has 0 spiro atoms. The van der Waals surface area contributed by atoms with Crippen molar-refractivity contribution in [2.24, 2.45) is 0 Å². The molecule has 0 radical (unpaired) electrons. The van der Waals surface area contributed by atoms with Crippen LogP contribution in [0.25, 0.3) is 6.08 Å². The molecule has 0 saturated heterocycles. The van der Waals surface area contributed by atoms with E-state index in [0.717, 1.165) is 0 Å². The third kappa shape index (κ3) is 3.25. The lowest BCUT2D eigenvalue weighted by Crippen LogP contribution is -2.22. The Hall–Kier alpha value is -1.51. The van der Waals surface area contributed by atoms with Crippen LogP contribution in [0.4, 0.5) is 0 Å². The number of halogens is 2. The molecule has 1 amide bonds. The summed E-state index contributed by atoms with van der Waals surface area (Å²) in [5.74, 6) is -0.508. The Morgan fingerprint density at radius 2 is 2.17 bits per heavy atom. The molecule has 0 fully saturated rings. The van der Waals surface area contributed by atoms with Crippen LogP contribution in [0.1, 0.15) is 5.56 Å². The standard InChI is InChI=1S/C12H10BrClN2O2/c1-16(2)12(18)8(6-15)3-7-4-9(14)5-10(13)11(7)17/h3-5,17H,1-2H3/b8-3-. The van der Waals surface area contributed by atoms with E-state index < -0.39 is 5.91 Å². The first kappa shape index (κ1) is 14.6. The van der Waals surface area contributed by atoms with Gasteiger partial charge in [0.05, 0.1) is 4.47 Å². The molecule has 0 saturated carbocycles. The molecule has 4 nitrogen and oxygen atoms in total. The second kappa shape index (κ2) is 5.89. The van der Waals surface area contributed by atoms with E-state index in [4.69, 9.17) is 16.9 Å². The van der Waals surface area contributed by atoms with Crippen LogP contribution in [0.3, 0.4) is 0 Å². The van der Waals surface area contributed by atoms with Gasteiger partial charge in [-0.3, -0.25) is 4.79 Å². The number of phenolic OH excluding ortho intramolecular Hbond substituents is 1. The number of carbonyl (C=O) groups is 1. The van der Waals surface area contributed by atoms with E-state index >= 15 is 0 Å². The van der Waals surface area contributed by atoms with Crippen molar-refractivity contribution in [3.05, 3.63) is 32.8 Å². The van der Waals surface area contributed by atoms with E-state index in [1.807, 2.05) is 0 Å². The van der Waals surface area contributed by atoms with Crippen LogP contribution >= 0.6 is 27.5 Å². The molecule has 0 aliphatic heterocycles. The summed E-state index contributed by atoms with van der Waals surface area (Å²) in [6, 6.07) is 4.79. The Morgan fingerprint density at radius 3 is 2.67 bits per heavy atom. The van der Waals surface area contributed by atoms with Gasteiger partial charge in [-0.1, -0.05) is 11.6 Å². The number of benzene rings is 1. The van der Waals surface area contributed by atoms with Crippen LogP contribution in [0.15, 0.2) is 22.2 Å². The summed E-state index contributed by atoms with van der Waals surface area (Å²) in [6.07, 6.45) is 1.30. The lowest BCUT2D eigenvalue weighted by Gasteiger charge is -2.09. The topological polar surface area (TPSA) is 64.3 Å². The fraction of sp³-hybridized carbons (Fsp3) is 0.167. The minimum Gasteiger partial charge on any atom is -0.506 e. The molecule has 0 aromatic heterocycles. The van der Waals surface area contributed by atoms with Gasteiger partial charge in [-0.15, -0.1) is 0 Å². The zero-order valence-electron chi connectivity index (χ0n) is 9.74. The summed E-state index contributed by atoms with van der Waals surface area (Å²) in [7, 11) is 3.09. The van der Waals surface area contributed by atoms with Crippen molar-refractivity contribution in [3.63, 3.8) is 0 Å². The largest absolute Gasteiger partial charge is 0.506 e. The van der Waals surface area contributed by atoms with Gasteiger partial charge < -0.3 is 10.0 Å². The van der Waals surface area contributed by atoms with Crippen molar-refractivity contribution in [1.82, 2.24) is 4.90 Å². The quantitative estimate of drug-likeness (QED) is 0.670. The molecule has 94 valence electrons. The van der Waals surface area contributed by atoms with E-state index in [-0.39, 0.29) is 11.3 Å². The molecule has 0 aliphatic rings. The average molecular weight is 330 g/mol. The van der Waals surface area contributed by atoms with Crippen molar-refractivity contribution >= 4 is 39.5 Å². The number of aromatic hydroxyl groups is 1. The van der Waals surface area contributed by atoms with Gasteiger partial charge in [-0.25, -0.2) is 0 Å². The number of rotatable bonds is 2. The van der Waals surface area contributed by atoms with Crippen LogP contribution in [-0.4, -0.2) is 30.0 Å². The lowest BCUT2D eigenvalue weighted by atomic mass is 10.1. The van der Waals surface area contributed by atoms with Gasteiger partial charge >= 0.3 is 0 Å². The first-order chi connectivity index (χ1) is 8.36. The van der Waals surface area contributed by atoms with Crippen molar-refractivity contribution in [2.75, 3.05) is 14.1 Å². The summed E-state index contributed by atoms with van der Waals surface area (Å²) in [5.41, 5.74) is 0.227. The van der Waals surface area contributed by atoms with Gasteiger partial charge in [0.15, 0.2) is 0 Å². The fourth-order valence-electron chi connectivity index (χ4n) is 1.23. The predicted octanol–water partition coefficient (Wildman–Crippen LogP) is 2.80. The highest BCUT2D eigenvalue weighted by atomic mass is 79.9. The third-order valence-corrected chi connectivity index (χ3v) is 2.94. The minimum atomic E-state index is -0.437. The maximum absolute atomic E-state index is 11.7. The van der Waals surface area contributed by atoms with Gasteiger partial charge in [0.1, 0.15) is 17.4 Å². The Balaban J connectivity index is 3.31. The average Bonchev–Trinajstić information content (AvgIpc) is 2.30. The predicted molar refractivity (Wildman–Crippen MR) is 73.1 cm³/mol. The van der Waals surface area contributed by atoms with Gasteiger partial charge in [0.25, 0.3) is 5.91 Å². The molecule has 0 heterocycles. The van der Waals surface area contributed by atoms with Crippen LogP contribution in [0, 0.1) is 11.3 Å². The second-order valence-electron chi connectivity index (χ2n) is 3.69. The summed E-state index contributed by atoms with van der Waals surface area (Å²) in [6.45, 7) is 0. The van der Waals surface area contributed by atoms with Crippen LogP contribution in [0.5, 0.6) is 5.75 Å². The Bertz CT molecular complexity index is 562. The van der Waals surface area contributed by atoms with Crippen molar-refractivity contribution in [2.45, 2.75) is 0 Å². The second-order valence-corrected chi connectivity index (χ2v) is 4.99. The number of amides is 1. The fourth-order valence-corrected chi connectivity index (χ4v) is 2.07. The molecular weight excluding hydrogens is 320 g/mol. The molecule has 6 heteroatoms.